The lowest BCUT2D eigenvalue weighted by molar-refractivity contribution is 1.13. The fourth-order valence-corrected chi connectivity index (χ4v) is 17.4. The van der Waals surface area contributed by atoms with Crippen LogP contribution < -0.4 is 0 Å². The summed E-state index contributed by atoms with van der Waals surface area (Å²) in [4.78, 5) is 0. The monoisotopic (exact) mass is 1300 g/mol. The normalized spacial score (nSPS) is 12.1. The molecule has 474 valence electrons. The lowest BCUT2D eigenvalue weighted by Gasteiger charge is -2.13. The number of nitrogens with zero attached hydrogens (tertiary/aromatic N) is 6. The summed E-state index contributed by atoms with van der Waals surface area (Å²) in [5.74, 6) is 0. The first-order chi connectivity index (χ1) is 50.6. The van der Waals surface area contributed by atoms with Crippen LogP contribution in [0.15, 0.2) is 364 Å². The van der Waals surface area contributed by atoms with Gasteiger partial charge in [-0.1, -0.05) is 212 Å². The third kappa shape index (κ3) is 8.23. The number of aromatic nitrogens is 6. The highest BCUT2D eigenvalue weighted by Gasteiger charge is 2.25. The number of fused-ring (bicyclic) bond motifs is 20. The fourth-order valence-electron chi connectivity index (χ4n) is 17.4. The van der Waals surface area contributed by atoms with Crippen LogP contribution in [0.4, 0.5) is 0 Å². The molecule has 0 radical (unpaired) electrons. The average molecular weight is 1300 g/mol. The maximum atomic E-state index is 2.46. The summed E-state index contributed by atoms with van der Waals surface area (Å²) in [5, 5.41) is 14.9. The van der Waals surface area contributed by atoms with Gasteiger partial charge >= 0.3 is 0 Å². The van der Waals surface area contributed by atoms with Crippen LogP contribution in [0.3, 0.4) is 0 Å². The summed E-state index contributed by atoms with van der Waals surface area (Å²) < 4.78 is 14.6. The van der Waals surface area contributed by atoms with Crippen molar-refractivity contribution >= 4 is 131 Å². The molecule has 16 aromatic carbocycles. The summed E-state index contributed by atoms with van der Waals surface area (Å²) in [7, 11) is 0. The van der Waals surface area contributed by atoms with Gasteiger partial charge in [0, 0.05) is 98.8 Å². The molecule has 6 heterocycles. The van der Waals surface area contributed by atoms with Gasteiger partial charge < -0.3 is 27.4 Å². The first-order valence-corrected chi connectivity index (χ1v) is 35.1. The topological polar surface area (TPSA) is 29.6 Å². The van der Waals surface area contributed by atoms with E-state index in [0.29, 0.717) is 0 Å². The van der Waals surface area contributed by atoms with E-state index in [1.165, 1.54) is 164 Å². The van der Waals surface area contributed by atoms with Crippen LogP contribution in [-0.4, -0.2) is 27.4 Å². The summed E-state index contributed by atoms with van der Waals surface area (Å²) in [6.45, 7) is 0. The highest BCUT2D eigenvalue weighted by molar-refractivity contribution is 6.30. The second kappa shape index (κ2) is 21.9. The van der Waals surface area contributed by atoms with Crippen molar-refractivity contribution in [3.8, 4) is 67.5 Å². The van der Waals surface area contributed by atoms with Crippen molar-refractivity contribution in [2.75, 3.05) is 0 Å². The largest absolute Gasteiger partial charge is 0.309 e. The van der Waals surface area contributed by atoms with Gasteiger partial charge in [-0.15, -0.1) is 0 Å². The van der Waals surface area contributed by atoms with Crippen LogP contribution in [0.25, 0.3) is 198 Å². The Kier molecular flexibility index (Phi) is 12.1. The molecular weight excluding hydrogens is 1240 g/mol. The van der Waals surface area contributed by atoms with Crippen molar-refractivity contribution < 1.29 is 0 Å². The Hall–Kier alpha value is -13.7. The van der Waals surface area contributed by atoms with E-state index >= 15 is 0 Å². The first-order valence-electron chi connectivity index (χ1n) is 35.1. The summed E-state index contributed by atoms with van der Waals surface area (Å²) in [5.41, 5.74) is 28.1. The van der Waals surface area contributed by atoms with Crippen molar-refractivity contribution in [1.29, 1.82) is 0 Å². The molecule has 0 atom stereocenters. The zero-order chi connectivity index (χ0) is 66.7. The average Bonchev–Trinajstić information content (AvgIpc) is 1.55. The number of benzene rings is 16. The van der Waals surface area contributed by atoms with E-state index in [1.54, 1.807) is 0 Å². The quantitative estimate of drug-likeness (QED) is 0.138. The van der Waals surface area contributed by atoms with Gasteiger partial charge in [0.1, 0.15) is 0 Å². The molecule has 0 amide bonds. The Labute approximate surface area is 586 Å². The minimum Gasteiger partial charge on any atom is -0.309 e. The maximum absolute atomic E-state index is 2.46. The van der Waals surface area contributed by atoms with Crippen LogP contribution in [0, 0.1) is 0 Å². The summed E-state index contributed by atoms with van der Waals surface area (Å²) in [6.07, 6.45) is 0. The van der Waals surface area contributed by atoms with E-state index in [-0.39, 0.29) is 0 Å². The van der Waals surface area contributed by atoms with E-state index in [2.05, 4.69) is 391 Å². The molecule has 0 fully saturated rings. The maximum Gasteiger partial charge on any atom is 0.0548 e. The van der Waals surface area contributed by atoms with Gasteiger partial charge in [0.15, 0.2) is 0 Å². The molecule has 6 nitrogen and oxygen atoms in total. The Morgan fingerprint density at radius 2 is 0.353 bits per heavy atom. The zero-order valence-corrected chi connectivity index (χ0v) is 55.3. The van der Waals surface area contributed by atoms with Gasteiger partial charge in [0.2, 0.25) is 0 Å². The van der Waals surface area contributed by atoms with E-state index < -0.39 is 0 Å². The third-order valence-electron chi connectivity index (χ3n) is 21.8. The zero-order valence-electron chi connectivity index (χ0n) is 55.3. The van der Waals surface area contributed by atoms with Gasteiger partial charge in [-0.05, 0) is 185 Å². The van der Waals surface area contributed by atoms with Gasteiger partial charge in [-0.25, -0.2) is 0 Å². The lowest BCUT2D eigenvalue weighted by atomic mass is 9.98. The van der Waals surface area contributed by atoms with Crippen molar-refractivity contribution in [3.05, 3.63) is 364 Å². The van der Waals surface area contributed by atoms with E-state index in [1.807, 2.05) is 0 Å². The van der Waals surface area contributed by atoms with Crippen LogP contribution in [0.2, 0.25) is 0 Å². The van der Waals surface area contributed by atoms with E-state index in [9.17, 15) is 0 Å². The van der Waals surface area contributed by atoms with Crippen LogP contribution in [-0.2, 0) is 0 Å². The number of hydrogen-bond acceptors (Lipinski definition) is 0. The molecule has 0 aliphatic heterocycles. The van der Waals surface area contributed by atoms with Crippen LogP contribution >= 0.6 is 0 Å². The highest BCUT2D eigenvalue weighted by atomic mass is 15.0. The Morgan fingerprint density at radius 1 is 0.118 bits per heavy atom. The SMILES string of the molecule is c1ccc(-c2ccc(-n3c4ccccc4c4c5c6ccccc6n(-c6ccc(-n7c8ccccc8c8cc(-c9cccc(-c%10ccc(-n%11c%12ccccc%12c%12c%13c%14ccccc%14n(-c%14cccc(-n%15c%16ccccc%16c%16ccccc%16%15)c%14)c%13ccc%12%11)cc%10)c9)ccc87)cc6)c5ccc43)cc2)cc1. The third-order valence-corrected chi connectivity index (χ3v) is 21.8. The number of para-hydroxylation sites is 7. The van der Waals surface area contributed by atoms with Crippen molar-refractivity contribution in [2.45, 2.75) is 0 Å². The molecule has 22 aromatic rings. The molecule has 0 saturated heterocycles. The molecule has 0 saturated carbocycles. The molecule has 22 rings (SSSR count). The van der Waals surface area contributed by atoms with Gasteiger partial charge in [0.05, 0.1) is 66.2 Å². The predicted octanol–water partition coefficient (Wildman–Crippen LogP) is 25.3. The van der Waals surface area contributed by atoms with Gasteiger partial charge in [-0.2, -0.15) is 0 Å². The summed E-state index contributed by atoms with van der Waals surface area (Å²) >= 11 is 0. The minimum absolute atomic E-state index is 1.11. The lowest BCUT2D eigenvalue weighted by Crippen LogP contribution is -1.98. The Morgan fingerprint density at radius 3 is 0.765 bits per heavy atom. The van der Waals surface area contributed by atoms with Gasteiger partial charge in [0.25, 0.3) is 0 Å². The first kappa shape index (κ1) is 56.3. The Bertz CT molecular complexity index is 7160. The molecule has 0 aliphatic carbocycles. The van der Waals surface area contributed by atoms with E-state index in [4.69, 9.17) is 0 Å². The van der Waals surface area contributed by atoms with Crippen LogP contribution in [0.1, 0.15) is 0 Å². The number of hydrogen-bond donors (Lipinski definition) is 0. The molecule has 6 heteroatoms. The second-order valence-corrected chi connectivity index (χ2v) is 27.1. The molecule has 0 aliphatic rings. The highest BCUT2D eigenvalue weighted by Crippen LogP contribution is 2.46. The second-order valence-electron chi connectivity index (χ2n) is 27.1. The van der Waals surface area contributed by atoms with Crippen LogP contribution in [0.5, 0.6) is 0 Å². The van der Waals surface area contributed by atoms with Gasteiger partial charge in [-0.3, -0.25) is 0 Å². The van der Waals surface area contributed by atoms with Crippen molar-refractivity contribution in [2.24, 2.45) is 0 Å². The molecule has 0 N–H and O–H groups in total. The molecule has 0 unspecified atom stereocenters. The molecule has 102 heavy (non-hydrogen) atoms. The predicted molar refractivity (Wildman–Crippen MR) is 429 cm³/mol. The molecule has 0 bridgehead atoms. The Balaban J connectivity index is 0.595. The molecule has 6 aromatic heterocycles. The van der Waals surface area contributed by atoms with E-state index in [0.717, 1.165) is 34.1 Å². The fraction of sp³-hybridized carbons (Fsp3) is 0. The minimum atomic E-state index is 1.11. The number of rotatable bonds is 9. The molecule has 0 spiro atoms. The molecular formula is C96H60N6. The van der Waals surface area contributed by atoms with Crippen molar-refractivity contribution in [3.63, 3.8) is 0 Å². The standard InChI is InChI=1S/C96H60N6/c1-2-20-61(21-3-1)62-40-45-67(46-41-62)98-84-36-14-7-29-76(84)93-89(98)54-55-91-94(93)78-31-9-16-38-86(78)100(91)70-51-49-69(50-52-70)97-83-35-13-6-28-75(83)80-59-66(44-53-88(80)97)65-23-18-22-64(58-65)63-42-47-68(48-43-63)99-85-37-15-8-30-77(85)95-90(99)56-57-92-96(95)79-32-10-17-39-87(79)102(92)72-25-19-24-71(60-72)101-81-33-11-4-26-73(81)74-27-5-12-34-82(74)101/h1-60H. The smallest absolute Gasteiger partial charge is 0.0548 e. The summed E-state index contributed by atoms with van der Waals surface area (Å²) in [6, 6.07) is 134. The van der Waals surface area contributed by atoms with Crippen molar-refractivity contribution in [1.82, 2.24) is 27.4 Å².